The summed E-state index contributed by atoms with van der Waals surface area (Å²) in [7, 11) is 0. The van der Waals surface area contributed by atoms with Crippen molar-refractivity contribution in [1.29, 1.82) is 0 Å². The van der Waals surface area contributed by atoms with E-state index in [2.05, 4.69) is 29.5 Å². The second-order valence-corrected chi connectivity index (χ2v) is 7.85. The summed E-state index contributed by atoms with van der Waals surface area (Å²) in [5, 5.41) is 7.47. The smallest absolute Gasteiger partial charge is 0.259 e. The van der Waals surface area contributed by atoms with E-state index in [-0.39, 0.29) is 11.9 Å². The van der Waals surface area contributed by atoms with Crippen molar-refractivity contribution in [3.63, 3.8) is 0 Å². The van der Waals surface area contributed by atoms with E-state index < -0.39 is 0 Å². The molecule has 2 atom stereocenters. The summed E-state index contributed by atoms with van der Waals surface area (Å²) in [6, 6.07) is 7.89. The van der Waals surface area contributed by atoms with Crippen molar-refractivity contribution >= 4 is 28.5 Å². The fourth-order valence-corrected chi connectivity index (χ4v) is 3.67. The maximum absolute atomic E-state index is 12.6. The van der Waals surface area contributed by atoms with Gasteiger partial charge in [0.05, 0.1) is 11.6 Å². The maximum atomic E-state index is 12.6. The number of para-hydroxylation sites is 1. The minimum absolute atomic E-state index is 0.0985. The van der Waals surface area contributed by atoms with Gasteiger partial charge in [-0.2, -0.15) is 0 Å². The van der Waals surface area contributed by atoms with Crippen LogP contribution < -0.4 is 16.4 Å². The lowest BCUT2D eigenvalue weighted by Crippen LogP contribution is -2.28. The number of carbonyl (C=O) groups is 1. The predicted octanol–water partition coefficient (Wildman–Crippen LogP) is 3.62. The fraction of sp³-hybridized carbons (Fsp3) is 0.579. The van der Waals surface area contributed by atoms with Crippen molar-refractivity contribution in [2.24, 2.45) is 10.7 Å². The van der Waals surface area contributed by atoms with Gasteiger partial charge in [-0.3, -0.25) is 9.79 Å². The van der Waals surface area contributed by atoms with Gasteiger partial charge >= 0.3 is 0 Å². The van der Waals surface area contributed by atoms with Crippen LogP contribution in [-0.4, -0.2) is 35.5 Å². The number of nitrogens with one attached hydrogen (secondary N) is 2. The molecule has 1 aliphatic heterocycles. The first-order valence-corrected chi connectivity index (χ1v) is 10.1. The Hall–Kier alpha value is -1.53. The SMILES string of the molecule is CC1N=C(NC(=O)c2ccccc2NCCCCCCCN)SC1C. The molecule has 0 fully saturated rings. The van der Waals surface area contributed by atoms with Crippen molar-refractivity contribution < 1.29 is 4.79 Å². The summed E-state index contributed by atoms with van der Waals surface area (Å²) < 4.78 is 0. The van der Waals surface area contributed by atoms with Gasteiger partial charge in [0.25, 0.3) is 5.91 Å². The standard InChI is InChI=1S/C19H30N4OS/c1-14-15(2)25-19(22-14)23-18(24)16-10-6-7-11-17(16)21-13-9-5-3-4-8-12-20/h6-7,10-11,14-15,21H,3-5,8-9,12-13,20H2,1-2H3,(H,22,23,24). The molecule has 0 radical (unpaired) electrons. The number of unbranched alkanes of at least 4 members (excludes halogenated alkanes) is 4. The second-order valence-electron chi connectivity index (χ2n) is 6.48. The van der Waals surface area contributed by atoms with Crippen LogP contribution in [0.25, 0.3) is 0 Å². The van der Waals surface area contributed by atoms with E-state index in [0.29, 0.717) is 10.8 Å². The van der Waals surface area contributed by atoms with Crippen LogP contribution in [0.4, 0.5) is 5.69 Å². The van der Waals surface area contributed by atoms with E-state index in [0.717, 1.165) is 36.8 Å². The zero-order valence-corrected chi connectivity index (χ0v) is 16.1. The highest BCUT2D eigenvalue weighted by atomic mass is 32.2. The summed E-state index contributed by atoms with van der Waals surface area (Å²) >= 11 is 1.62. The Bertz CT molecular complexity index is 591. The summed E-state index contributed by atoms with van der Waals surface area (Å²) in [4.78, 5) is 17.1. The van der Waals surface area contributed by atoms with Gasteiger partial charge in [0.1, 0.15) is 0 Å². The second kappa shape index (κ2) is 10.5. The zero-order chi connectivity index (χ0) is 18.1. The predicted molar refractivity (Wildman–Crippen MR) is 108 cm³/mol. The fourth-order valence-electron chi connectivity index (χ4n) is 2.68. The molecule has 0 aliphatic carbocycles. The minimum atomic E-state index is -0.0985. The molecule has 0 bridgehead atoms. The summed E-state index contributed by atoms with van der Waals surface area (Å²) in [6.45, 7) is 5.85. The topological polar surface area (TPSA) is 79.5 Å². The summed E-state index contributed by atoms with van der Waals surface area (Å²) in [6.07, 6.45) is 5.80. The molecular weight excluding hydrogens is 332 g/mol. The number of nitrogens with two attached hydrogens (primary N) is 1. The van der Waals surface area contributed by atoms with E-state index in [4.69, 9.17) is 5.73 Å². The van der Waals surface area contributed by atoms with Gasteiger partial charge in [-0.15, -0.1) is 0 Å². The number of hydrogen-bond acceptors (Lipinski definition) is 5. The third-order valence-electron chi connectivity index (χ3n) is 4.39. The molecule has 5 nitrogen and oxygen atoms in total. The Morgan fingerprint density at radius 2 is 1.88 bits per heavy atom. The highest BCUT2D eigenvalue weighted by Crippen LogP contribution is 2.25. The van der Waals surface area contributed by atoms with E-state index in [1.54, 1.807) is 11.8 Å². The molecule has 0 saturated heterocycles. The third-order valence-corrected chi connectivity index (χ3v) is 5.58. The van der Waals surface area contributed by atoms with Crippen LogP contribution in [0, 0.1) is 0 Å². The Morgan fingerprint density at radius 1 is 1.16 bits per heavy atom. The first-order valence-electron chi connectivity index (χ1n) is 9.20. The number of hydrogen-bond donors (Lipinski definition) is 3. The van der Waals surface area contributed by atoms with Gasteiger partial charge in [0.2, 0.25) is 0 Å². The molecule has 25 heavy (non-hydrogen) atoms. The average molecular weight is 363 g/mol. The van der Waals surface area contributed by atoms with Crippen molar-refractivity contribution in [2.75, 3.05) is 18.4 Å². The first-order chi connectivity index (χ1) is 12.1. The molecule has 1 aromatic rings. The monoisotopic (exact) mass is 362 g/mol. The van der Waals surface area contributed by atoms with Crippen LogP contribution in [0.5, 0.6) is 0 Å². The number of aliphatic imine (C=N–C) groups is 1. The van der Waals surface area contributed by atoms with Crippen LogP contribution >= 0.6 is 11.8 Å². The molecule has 1 heterocycles. The van der Waals surface area contributed by atoms with Gasteiger partial charge < -0.3 is 16.4 Å². The number of carbonyl (C=O) groups excluding carboxylic acids is 1. The van der Waals surface area contributed by atoms with E-state index in [1.165, 1.54) is 19.3 Å². The highest BCUT2D eigenvalue weighted by Gasteiger charge is 2.24. The van der Waals surface area contributed by atoms with Crippen LogP contribution in [0.1, 0.15) is 56.3 Å². The van der Waals surface area contributed by atoms with E-state index >= 15 is 0 Å². The maximum Gasteiger partial charge on any atom is 0.259 e. The van der Waals surface area contributed by atoms with Gasteiger partial charge in [-0.1, -0.05) is 50.1 Å². The molecule has 2 rings (SSSR count). The normalized spacial score (nSPS) is 19.6. The number of amides is 1. The zero-order valence-electron chi connectivity index (χ0n) is 15.3. The summed E-state index contributed by atoms with van der Waals surface area (Å²) in [5.74, 6) is -0.0985. The number of nitrogens with zero attached hydrogens (tertiary/aromatic N) is 1. The molecule has 1 aliphatic rings. The molecule has 1 amide bonds. The Morgan fingerprint density at radius 3 is 2.60 bits per heavy atom. The van der Waals surface area contributed by atoms with Crippen molar-refractivity contribution in [1.82, 2.24) is 5.32 Å². The molecule has 6 heteroatoms. The quantitative estimate of drug-likeness (QED) is 0.586. The van der Waals surface area contributed by atoms with E-state index in [1.807, 2.05) is 24.3 Å². The Balaban J connectivity index is 1.83. The number of anilines is 1. The lowest BCUT2D eigenvalue weighted by atomic mass is 10.1. The third kappa shape index (κ3) is 6.36. The summed E-state index contributed by atoms with van der Waals surface area (Å²) in [5.41, 5.74) is 7.05. The number of amidine groups is 1. The van der Waals surface area contributed by atoms with E-state index in [9.17, 15) is 4.79 Å². The molecule has 0 saturated carbocycles. The van der Waals surface area contributed by atoms with Crippen LogP contribution in [0.2, 0.25) is 0 Å². The van der Waals surface area contributed by atoms with Gasteiger partial charge in [0, 0.05) is 17.5 Å². The lowest BCUT2D eigenvalue weighted by molar-refractivity contribution is 0.0978. The Kier molecular flexibility index (Phi) is 8.28. The molecule has 2 unspecified atom stereocenters. The number of benzene rings is 1. The largest absolute Gasteiger partial charge is 0.384 e. The van der Waals surface area contributed by atoms with Gasteiger partial charge in [-0.25, -0.2) is 0 Å². The molecule has 138 valence electrons. The molecular formula is C19H30N4OS. The van der Waals surface area contributed by atoms with Crippen LogP contribution in [-0.2, 0) is 0 Å². The van der Waals surface area contributed by atoms with Gasteiger partial charge in [-0.05, 0) is 38.4 Å². The number of thioether (sulfide) groups is 1. The highest BCUT2D eigenvalue weighted by molar-refractivity contribution is 8.14. The Labute approximate surface area is 155 Å². The van der Waals surface area contributed by atoms with Crippen molar-refractivity contribution in [3.05, 3.63) is 29.8 Å². The molecule has 1 aromatic carbocycles. The van der Waals surface area contributed by atoms with Crippen LogP contribution in [0.3, 0.4) is 0 Å². The van der Waals surface area contributed by atoms with Crippen molar-refractivity contribution in [2.45, 2.75) is 57.2 Å². The lowest BCUT2D eigenvalue weighted by Gasteiger charge is -2.12. The van der Waals surface area contributed by atoms with Crippen molar-refractivity contribution in [3.8, 4) is 0 Å². The van der Waals surface area contributed by atoms with Crippen LogP contribution in [0.15, 0.2) is 29.3 Å². The first kappa shape index (κ1) is 19.8. The number of rotatable bonds is 9. The molecule has 0 aromatic heterocycles. The molecule has 4 N–H and O–H groups in total. The molecule has 0 spiro atoms. The minimum Gasteiger partial charge on any atom is -0.384 e. The average Bonchev–Trinajstić information content (AvgIpc) is 2.92. The van der Waals surface area contributed by atoms with Gasteiger partial charge in [0.15, 0.2) is 5.17 Å².